The molecule has 2 heterocycles. The predicted molar refractivity (Wildman–Crippen MR) is 109 cm³/mol. The van der Waals surface area contributed by atoms with Gasteiger partial charge in [0.05, 0.1) is 9.77 Å². The van der Waals surface area contributed by atoms with Crippen molar-refractivity contribution in [1.82, 2.24) is 9.21 Å². The fourth-order valence-electron chi connectivity index (χ4n) is 3.29. The van der Waals surface area contributed by atoms with Crippen LogP contribution in [-0.2, 0) is 16.4 Å². The molecule has 1 aromatic heterocycles. The fourth-order valence-corrected chi connectivity index (χ4v) is 5.88. The van der Waals surface area contributed by atoms with Gasteiger partial charge in [-0.15, -0.1) is 11.3 Å². The monoisotopic (exact) mass is 406 g/mol. The van der Waals surface area contributed by atoms with E-state index in [0.29, 0.717) is 31.1 Å². The van der Waals surface area contributed by atoms with Crippen LogP contribution < -0.4 is 0 Å². The number of carbonyl (C=O) groups is 1. The first-order valence-corrected chi connectivity index (χ1v) is 11.5. The second-order valence-electron chi connectivity index (χ2n) is 6.99. The zero-order valence-corrected chi connectivity index (χ0v) is 17.9. The number of rotatable bonds is 4. The number of sulfonamides is 1. The van der Waals surface area contributed by atoms with Gasteiger partial charge in [-0.1, -0.05) is 13.0 Å². The van der Waals surface area contributed by atoms with Gasteiger partial charge in [-0.2, -0.15) is 4.31 Å². The highest BCUT2D eigenvalue weighted by Crippen LogP contribution is 2.25. The Hall–Kier alpha value is -1.70. The summed E-state index contributed by atoms with van der Waals surface area (Å²) in [5, 5.41) is 0. The highest BCUT2D eigenvalue weighted by atomic mass is 32.2. The summed E-state index contributed by atoms with van der Waals surface area (Å²) >= 11 is 1.52. The highest BCUT2D eigenvalue weighted by molar-refractivity contribution is 7.89. The SMILES string of the molecule is CCc1cc(C(=O)N2CCN(S(=O)(=O)c3ccc(C)c(C)c3)CC2)sc1C. The van der Waals surface area contributed by atoms with Gasteiger partial charge in [0.2, 0.25) is 10.0 Å². The number of aryl methyl sites for hydroxylation is 4. The van der Waals surface area contributed by atoms with Gasteiger partial charge >= 0.3 is 0 Å². The number of hydrogen-bond acceptors (Lipinski definition) is 4. The molecule has 3 rings (SSSR count). The quantitative estimate of drug-likeness (QED) is 0.782. The normalized spacial score (nSPS) is 15.9. The van der Waals surface area contributed by atoms with Crippen molar-refractivity contribution in [1.29, 1.82) is 0 Å². The van der Waals surface area contributed by atoms with E-state index in [1.54, 1.807) is 17.0 Å². The third-order valence-electron chi connectivity index (χ3n) is 5.25. The molecule has 146 valence electrons. The molecule has 0 aliphatic carbocycles. The molecule has 0 saturated carbocycles. The Balaban J connectivity index is 1.70. The average Bonchev–Trinajstić information content (AvgIpc) is 3.04. The van der Waals surface area contributed by atoms with Crippen molar-refractivity contribution in [3.05, 3.63) is 50.7 Å². The lowest BCUT2D eigenvalue weighted by Gasteiger charge is -2.33. The third-order valence-corrected chi connectivity index (χ3v) is 8.23. The summed E-state index contributed by atoms with van der Waals surface area (Å²) in [5.74, 6) is 0.00558. The van der Waals surface area contributed by atoms with Crippen LogP contribution in [0.1, 0.15) is 38.2 Å². The first-order valence-electron chi connectivity index (χ1n) is 9.20. The molecular weight excluding hydrogens is 380 g/mol. The Morgan fingerprint density at radius 2 is 1.70 bits per heavy atom. The number of amides is 1. The highest BCUT2D eigenvalue weighted by Gasteiger charge is 2.31. The molecule has 0 bridgehead atoms. The maximum atomic E-state index is 12.9. The van der Waals surface area contributed by atoms with E-state index in [4.69, 9.17) is 0 Å². The summed E-state index contributed by atoms with van der Waals surface area (Å²) in [6.07, 6.45) is 0.914. The maximum absolute atomic E-state index is 12.9. The summed E-state index contributed by atoms with van der Waals surface area (Å²) in [6, 6.07) is 7.20. The summed E-state index contributed by atoms with van der Waals surface area (Å²) in [5.41, 5.74) is 3.24. The van der Waals surface area contributed by atoms with Gasteiger partial charge in [0.15, 0.2) is 0 Å². The Kier molecular flexibility index (Phi) is 5.74. The van der Waals surface area contributed by atoms with Crippen LogP contribution in [0.4, 0.5) is 0 Å². The number of thiophene rings is 1. The molecule has 0 radical (unpaired) electrons. The Bertz CT molecular complexity index is 956. The molecule has 2 aromatic rings. The minimum Gasteiger partial charge on any atom is -0.335 e. The lowest BCUT2D eigenvalue weighted by Crippen LogP contribution is -2.50. The summed E-state index contributed by atoms with van der Waals surface area (Å²) in [7, 11) is -3.52. The minimum atomic E-state index is -3.52. The predicted octanol–water partition coefficient (Wildman–Crippen LogP) is 3.38. The van der Waals surface area contributed by atoms with E-state index >= 15 is 0 Å². The van der Waals surface area contributed by atoms with E-state index < -0.39 is 10.0 Å². The van der Waals surface area contributed by atoms with E-state index in [1.165, 1.54) is 26.1 Å². The van der Waals surface area contributed by atoms with Crippen molar-refractivity contribution in [3.8, 4) is 0 Å². The van der Waals surface area contributed by atoms with E-state index in [-0.39, 0.29) is 5.91 Å². The molecule has 1 amide bonds. The van der Waals surface area contributed by atoms with Crippen LogP contribution >= 0.6 is 11.3 Å². The van der Waals surface area contributed by atoms with Gasteiger partial charge in [0.1, 0.15) is 0 Å². The summed E-state index contributed by atoms with van der Waals surface area (Å²) < 4.78 is 27.3. The van der Waals surface area contributed by atoms with Gasteiger partial charge < -0.3 is 4.90 Å². The summed E-state index contributed by atoms with van der Waals surface area (Å²) in [4.78, 5) is 16.8. The maximum Gasteiger partial charge on any atom is 0.264 e. The molecule has 0 spiro atoms. The van der Waals surface area contributed by atoms with E-state index in [9.17, 15) is 13.2 Å². The van der Waals surface area contributed by atoms with Gasteiger partial charge in [-0.3, -0.25) is 4.79 Å². The van der Waals surface area contributed by atoms with Crippen molar-refractivity contribution < 1.29 is 13.2 Å². The number of carbonyl (C=O) groups excluding carboxylic acids is 1. The van der Waals surface area contributed by atoms with Crippen molar-refractivity contribution >= 4 is 27.3 Å². The molecule has 27 heavy (non-hydrogen) atoms. The van der Waals surface area contributed by atoms with Gasteiger partial charge in [-0.25, -0.2) is 8.42 Å². The smallest absolute Gasteiger partial charge is 0.264 e. The fraction of sp³-hybridized carbons (Fsp3) is 0.450. The first kappa shape index (κ1) is 20.0. The minimum absolute atomic E-state index is 0.00558. The molecule has 1 aliphatic rings. The second-order valence-corrected chi connectivity index (χ2v) is 10.2. The number of benzene rings is 1. The molecule has 0 atom stereocenters. The lowest BCUT2D eigenvalue weighted by molar-refractivity contribution is 0.0702. The van der Waals surface area contributed by atoms with Gasteiger partial charge in [0, 0.05) is 31.1 Å². The topological polar surface area (TPSA) is 57.7 Å². The Labute approximate surface area is 165 Å². The molecule has 1 aliphatic heterocycles. The van der Waals surface area contributed by atoms with Crippen LogP contribution in [0, 0.1) is 20.8 Å². The molecule has 7 heteroatoms. The number of nitrogens with zero attached hydrogens (tertiary/aromatic N) is 2. The number of piperazine rings is 1. The van der Waals surface area contributed by atoms with E-state index in [1.807, 2.05) is 32.9 Å². The molecule has 0 N–H and O–H groups in total. The van der Waals surface area contributed by atoms with Crippen LogP contribution in [0.5, 0.6) is 0 Å². The molecule has 1 aromatic carbocycles. The molecule has 1 saturated heterocycles. The van der Waals surface area contributed by atoms with Crippen LogP contribution in [-0.4, -0.2) is 49.7 Å². The standard InChI is InChI=1S/C20H26N2O3S2/c1-5-17-13-19(26-16(17)4)20(23)21-8-10-22(11-9-21)27(24,25)18-7-6-14(2)15(3)12-18/h6-7,12-13H,5,8-11H2,1-4H3. The molecule has 0 unspecified atom stereocenters. The summed E-state index contributed by atoms with van der Waals surface area (Å²) in [6.45, 7) is 9.49. The molecule has 1 fully saturated rings. The third kappa shape index (κ3) is 3.95. The van der Waals surface area contributed by atoms with Crippen molar-refractivity contribution in [2.45, 2.75) is 39.0 Å². The van der Waals surface area contributed by atoms with Crippen LogP contribution in [0.15, 0.2) is 29.2 Å². The first-order chi connectivity index (χ1) is 12.7. The van der Waals surface area contributed by atoms with Crippen LogP contribution in [0.2, 0.25) is 0 Å². The zero-order valence-electron chi connectivity index (χ0n) is 16.3. The number of hydrogen-bond donors (Lipinski definition) is 0. The lowest BCUT2D eigenvalue weighted by atomic mass is 10.1. The van der Waals surface area contributed by atoms with Crippen LogP contribution in [0.3, 0.4) is 0 Å². The van der Waals surface area contributed by atoms with Crippen LogP contribution in [0.25, 0.3) is 0 Å². The molecule has 5 nitrogen and oxygen atoms in total. The van der Waals surface area contributed by atoms with Crippen molar-refractivity contribution in [2.75, 3.05) is 26.2 Å². The van der Waals surface area contributed by atoms with E-state index in [2.05, 4.69) is 6.92 Å². The second kappa shape index (κ2) is 7.73. The zero-order chi connectivity index (χ0) is 19.8. The van der Waals surface area contributed by atoms with Gasteiger partial charge in [0.25, 0.3) is 5.91 Å². The van der Waals surface area contributed by atoms with Crippen molar-refractivity contribution in [3.63, 3.8) is 0 Å². The average molecular weight is 407 g/mol. The van der Waals surface area contributed by atoms with Crippen molar-refractivity contribution in [2.24, 2.45) is 0 Å². The largest absolute Gasteiger partial charge is 0.335 e. The molecular formula is C20H26N2O3S2. The Morgan fingerprint density at radius 1 is 1.04 bits per heavy atom. The van der Waals surface area contributed by atoms with E-state index in [0.717, 1.165) is 22.4 Å². The van der Waals surface area contributed by atoms with Gasteiger partial charge in [-0.05, 0) is 62.1 Å². The Morgan fingerprint density at radius 3 is 2.26 bits per heavy atom.